The Hall–Kier alpha value is -0.910. The molecule has 0 aromatic rings. The van der Waals surface area contributed by atoms with Crippen LogP contribution in [0.15, 0.2) is 0 Å². The van der Waals surface area contributed by atoms with E-state index < -0.39 is 4.32 Å². The Kier molecular flexibility index (Phi) is 5.89. The molecule has 0 unspecified atom stereocenters. The number of hydrogen-bond donors (Lipinski definition) is 0. The number of Topliss-reactive ketones (excluding diaryl/α,β-unsaturated/α-hetero) is 1. The number of fused-ring (bicyclic) bond motifs is 5. The predicted molar refractivity (Wildman–Crippen MR) is 121 cm³/mol. The highest BCUT2D eigenvalue weighted by atomic mass is 79.9. The third kappa shape index (κ3) is 3.41. The summed E-state index contributed by atoms with van der Waals surface area (Å²) in [6.45, 7) is 9.52. The molecule has 4 aliphatic rings. The lowest BCUT2D eigenvalue weighted by molar-refractivity contribution is -0.165. The van der Waals surface area contributed by atoms with Crippen LogP contribution >= 0.6 is 15.9 Å². The molecule has 4 fully saturated rings. The molecule has 0 amide bonds. The molecule has 31 heavy (non-hydrogen) atoms. The van der Waals surface area contributed by atoms with Crippen molar-refractivity contribution >= 4 is 33.7 Å². The van der Waals surface area contributed by atoms with Crippen LogP contribution in [-0.4, -0.2) is 34.3 Å². The van der Waals surface area contributed by atoms with E-state index in [9.17, 15) is 14.4 Å². The van der Waals surface area contributed by atoms with Gasteiger partial charge in [-0.2, -0.15) is 0 Å². The monoisotopic (exact) mass is 496 g/mol. The van der Waals surface area contributed by atoms with Crippen molar-refractivity contribution in [3.05, 3.63) is 0 Å². The van der Waals surface area contributed by atoms with E-state index in [1.165, 1.54) is 13.8 Å². The number of hydrogen-bond acceptors (Lipinski definition) is 5. The van der Waals surface area contributed by atoms with Crippen LogP contribution in [0.4, 0.5) is 0 Å². The number of ether oxygens (including phenoxy) is 2. The number of alkyl halides is 1. The topological polar surface area (TPSA) is 69.7 Å². The number of carbonyl (C=O) groups excluding carboxylic acids is 3. The number of carbonyl (C=O) groups is 3. The molecule has 0 N–H and O–H groups in total. The third-order valence-corrected chi connectivity index (χ3v) is 11.7. The standard InChI is InChI=1S/C25H37BrO5/c1-14(30-15(2)27)19-8-9-20-21-7-6-17-12-18(31-16(3)28)10-11-24(17,5)25(21,26)22(29)13-23(19,20)4/h14,17-21H,6-13H2,1-5H3/t14-,17-,18+,19+,20-,21-,23+,24-,25-/m0/s1. The van der Waals surface area contributed by atoms with Gasteiger partial charge in [-0.05, 0) is 80.5 Å². The molecule has 174 valence electrons. The number of rotatable bonds is 3. The van der Waals surface area contributed by atoms with Crippen molar-refractivity contribution in [2.75, 3.05) is 0 Å². The molecule has 0 saturated heterocycles. The molecule has 5 nitrogen and oxygen atoms in total. The Morgan fingerprint density at radius 3 is 2.35 bits per heavy atom. The SMILES string of the molecule is CC(=O)O[C@@H]1CC[C@@]2(C)[C@@H](CC[C@H]3[C@@H]4CC[C@H]([C@H](C)OC(C)=O)[C@@]4(C)CC(=O)[C@@]32Br)C1. The molecule has 0 bridgehead atoms. The molecule has 0 aliphatic heterocycles. The molecule has 4 rings (SSSR count). The predicted octanol–water partition coefficient (Wildman–Crippen LogP) is 5.23. The number of esters is 2. The van der Waals surface area contributed by atoms with E-state index in [4.69, 9.17) is 9.47 Å². The molecule has 4 aliphatic carbocycles. The lowest BCUT2D eigenvalue weighted by Crippen LogP contribution is -2.67. The van der Waals surface area contributed by atoms with E-state index >= 15 is 0 Å². The zero-order chi connectivity index (χ0) is 22.8. The highest BCUT2D eigenvalue weighted by molar-refractivity contribution is 9.10. The van der Waals surface area contributed by atoms with Crippen molar-refractivity contribution in [1.82, 2.24) is 0 Å². The fraction of sp³-hybridized carbons (Fsp3) is 0.880. The number of ketones is 1. The van der Waals surface area contributed by atoms with Crippen LogP contribution < -0.4 is 0 Å². The lowest BCUT2D eigenvalue weighted by Gasteiger charge is -2.64. The Bertz CT molecular complexity index is 782. The van der Waals surface area contributed by atoms with E-state index in [1.807, 2.05) is 6.92 Å². The lowest BCUT2D eigenvalue weighted by atomic mass is 9.44. The van der Waals surface area contributed by atoms with Gasteiger partial charge in [0.15, 0.2) is 5.78 Å². The van der Waals surface area contributed by atoms with Crippen LogP contribution in [-0.2, 0) is 23.9 Å². The highest BCUT2D eigenvalue weighted by Gasteiger charge is 2.70. The first-order valence-corrected chi connectivity index (χ1v) is 12.8. The van der Waals surface area contributed by atoms with Crippen molar-refractivity contribution < 1.29 is 23.9 Å². The fourth-order valence-electron chi connectivity index (χ4n) is 8.43. The maximum Gasteiger partial charge on any atom is 0.302 e. The summed E-state index contributed by atoms with van der Waals surface area (Å²) < 4.78 is 10.6. The second kappa shape index (κ2) is 7.85. The van der Waals surface area contributed by atoms with Crippen LogP contribution in [0, 0.1) is 34.5 Å². The van der Waals surface area contributed by atoms with Crippen molar-refractivity contribution in [2.45, 2.75) is 103 Å². The van der Waals surface area contributed by atoms with Crippen LogP contribution in [0.25, 0.3) is 0 Å². The molecule has 9 atom stereocenters. The van der Waals surface area contributed by atoms with Gasteiger partial charge in [-0.3, -0.25) is 14.4 Å². The van der Waals surface area contributed by atoms with Crippen molar-refractivity contribution in [3.63, 3.8) is 0 Å². The van der Waals surface area contributed by atoms with Crippen LogP contribution in [0.3, 0.4) is 0 Å². The van der Waals surface area contributed by atoms with Gasteiger partial charge >= 0.3 is 11.9 Å². The third-order valence-electron chi connectivity index (χ3n) is 9.77. The Morgan fingerprint density at radius 1 is 1.03 bits per heavy atom. The molecule has 0 aromatic carbocycles. The van der Waals surface area contributed by atoms with Gasteiger partial charge in [-0.25, -0.2) is 0 Å². The average molecular weight is 497 g/mol. The summed E-state index contributed by atoms with van der Waals surface area (Å²) in [5.74, 6) is 1.25. The first-order chi connectivity index (χ1) is 14.4. The number of halogens is 1. The molecule has 6 heteroatoms. The summed E-state index contributed by atoms with van der Waals surface area (Å²) in [5.41, 5.74) is -0.239. The second-order valence-corrected chi connectivity index (χ2v) is 12.5. The quantitative estimate of drug-likeness (QED) is 0.395. The van der Waals surface area contributed by atoms with Gasteiger partial charge in [0, 0.05) is 26.2 Å². The van der Waals surface area contributed by atoms with Crippen LogP contribution in [0.5, 0.6) is 0 Å². The minimum absolute atomic E-state index is 0.0207. The maximum atomic E-state index is 14.0. The summed E-state index contributed by atoms with van der Waals surface area (Å²) >= 11 is 4.12. The van der Waals surface area contributed by atoms with Gasteiger partial charge in [0.05, 0.1) is 4.32 Å². The van der Waals surface area contributed by atoms with Gasteiger partial charge in [0.2, 0.25) is 0 Å². The largest absolute Gasteiger partial charge is 0.463 e. The molecule has 0 spiro atoms. The van der Waals surface area contributed by atoms with Crippen molar-refractivity contribution in [1.29, 1.82) is 0 Å². The molecule has 0 aromatic heterocycles. The first-order valence-electron chi connectivity index (χ1n) is 12.0. The Balaban J connectivity index is 1.62. The van der Waals surface area contributed by atoms with Gasteiger partial charge in [-0.1, -0.05) is 29.8 Å². The smallest absolute Gasteiger partial charge is 0.302 e. The van der Waals surface area contributed by atoms with Crippen LogP contribution in [0.1, 0.15) is 86.0 Å². The summed E-state index contributed by atoms with van der Waals surface area (Å²) in [7, 11) is 0. The molecule has 4 saturated carbocycles. The first kappa shape index (κ1) is 23.3. The Labute approximate surface area is 194 Å². The van der Waals surface area contributed by atoms with E-state index in [1.54, 1.807) is 0 Å². The molecule has 0 heterocycles. The summed E-state index contributed by atoms with van der Waals surface area (Å²) in [6.07, 6.45) is 7.17. The van der Waals surface area contributed by atoms with Crippen molar-refractivity contribution in [3.8, 4) is 0 Å². The minimum atomic E-state index is -0.506. The normalized spacial score (nSPS) is 47.5. The van der Waals surface area contributed by atoms with Gasteiger partial charge < -0.3 is 9.47 Å². The molecular weight excluding hydrogens is 460 g/mol. The zero-order valence-corrected chi connectivity index (χ0v) is 21.1. The van der Waals surface area contributed by atoms with E-state index in [2.05, 4.69) is 29.8 Å². The van der Waals surface area contributed by atoms with Crippen LogP contribution in [0.2, 0.25) is 0 Å². The Morgan fingerprint density at radius 2 is 1.71 bits per heavy atom. The van der Waals surface area contributed by atoms with E-state index in [0.717, 1.165) is 44.9 Å². The summed E-state index contributed by atoms with van der Waals surface area (Å²) in [5, 5.41) is 0. The molecular formula is C25H37BrO5. The van der Waals surface area contributed by atoms with Gasteiger partial charge in [-0.15, -0.1) is 0 Å². The maximum absolute atomic E-state index is 14.0. The summed E-state index contributed by atoms with van der Waals surface area (Å²) in [6, 6.07) is 0. The van der Waals surface area contributed by atoms with Gasteiger partial charge in [0.1, 0.15) is 12.2 Å². The zero-order valence-electron chi connectivity index (χ0n) is 19.5. The fourth-order valence-corrected chi connectivity index (χ4v) is 9.64. The summed E-state index contributed by atoms with van der Waals surface area (Å²) in [4.78, 5) is 37.0. The second-order valence-electron chi connectivity index (χ2n) is 11.2. The van der Waals surface area contributed by atoms with Gasteiger partial charge in [0.25, 0.3) is 0 Å². The van der Waals surface area contributed by atoms with E-state index in [0.29, 0.717) is 30.0 Å². The molecule has 0 radical (unpaired) electrons. The highest BCUT2D eigenvalue weighted by Crippen LogP contribution is 2.71. The minimum Gasteiger partial charge on any atom is -0.463 e. The van der Waals surface area contributed by atoms with Crippen molar-refractivity contribution in [2.24, 2.45) is 34.5 Å². The average Bonchev–Trinajstić information content (AvgIpc) is 2.99. The van der Waals surface area contributed by atoms with E-state index in [-0.39, 0.29) is 40.9 Å².